The van der Waals surface area contributed by atoms with Gasteiger partial charge in [-0.15, -0.1) is 11.3 Å². The first-order chi connectivity index (χ1) is 17.1. The molecule has 1 N–H and O–H groups in total. The summed E-state index contributed by atoms with van der Waals surface area (Å²) in [5.74, 6) is -0.480. The molecule has 0 bridgehead atoms. The number of para-hydroxylation sites is 1. The molecular weight excluding hydrogens is 495 g/mol. The van der Waals surface area contributed by atoms with E-state index in [2.05, 4.69) is 15.3 Å². The number of aromatic nitrogens is 3. The third-order valence-corrected chi connectivity index (χ3v) is 8.70. The number of hydrogen-bond donors (Lipinski definition) is 1. The van der Waals surface area contributed by atoms with Crippen molar-refractivity contribution in [3.63, 3.8) is 0 Å². The van der Waals surface area contributed by atoms with Gasteiger partial charge in [-0.1, -0.05) is 58.0 Å². The van der Waals surface area contributed by atoms with E-state index >= 15 is 4.39 Å². The second-order valence-corrected chi connectivity index (χ2v) is 12.8. The number of nitrogens with one attached hydrogen (secondary N) is 1. The smallest absolute Gasteiger partial charge is 0.227 e. The Hall–Kier alpha value is -3.17. The molecule has 188 valence electrons. The first-order valence-electron chi connectivity index (χ1n) is 11.7. The number of thiazole rings is 1. The van der Waals surface area contributed by atoms with Gasteiger partial charge in [0.15, 0.2) is 9.84 Å². The van der Waals surface area contributed by atoms with Crippen molar-refractivity contribution in [3.8, 4) is 21.8 Å². The van der Waals surface area contributed by atoms with Crippen molar-refractivity contribution in [2.45, 2.75) is 45.3 Å². The standard InChI is InChI=1S/C27H29FN4O2S2/c1-5-16-36(33,34)17-18-10-9-13-20(22(18)28)23-24(35-25(32-23)27(2,3)4)21-14-15-29-26(31-21)30-19-11-7-6-8-12-19/h6-15H,5,16-17H2,1-4H3,(H,29,30,31). The van der Waals surface area contributed by atoms with Gasteiger partial charge in [0, 0.05) is 28.4 Å². The molecule has 2 aromatic carbocycles. The summed E-state index contributed by atoms with van der Waals surface area (Å²) in [6.45, 7) is 7.94. The molecule has 4 aromatic rings. The highest BCUT2D eigenvalue weighted by Crippen LogP contribution is 2.41. The second-order valence-electron chi connectivity index (χ2n) is 9.57. The number of halogens is 1. The van der Waals surface area contributed by atoms with Crippen LogP contribution in [-0.4, -0.2) is 29.1 Å². The molecule has 6 nitrogen and oxygen atoms in total. The Kier molecular flexibility index (Phi) is 7.51. The van der Waals surface area contributed by atoms with Gasteiger partial charge in [-0.05, 0) is 30.7 Å². The van der Waals surface area contributed by atoms with Crippen LogP contribution in [0.5, 0.6) is 0 Å². The summed E-state index contributed by atoms with van der Waals surface area (Å²) in [5.41, 5.74) is 2.04. The largest absolute Gasteiger partial charge is 0.324 e. The molecule has 0 saturated heterocycles. The van der Waals surface area contributed by atoms with E-state index in [1.54, 1.807) is 31.3 Å². The van der Waals surface area contributed by atoms with Gasteiger partial charge < -0.3 is 5.32 Å². The van der Waals surface area contributed by atoms with Crippen molar-refractivity contribution in [1.82, 2.24) is 15.0 Å². The van der Waals surface area contributed by atoms with E-state index < -0.39 is 15.7 Å². The normalized spacial score (nSPS) is 12.0. The summed E-state index contributed by atoms with van der Waals surface area (Å²) in [5, 5.41) is 4.02. The van der Waals surface area contributed by atoms with Gasteiger partial charge in [0.25, 0.3) is 0 Å². The van der Waals surface area contributed by atoms with E-state index in [0.717, 1.165) is 10.7 Å². The fourth-order valence-electron chi connectivity index (χ4n) is 3.69. The third kappa shape index (κ3) is 5.96. The highest BCUT2D eigenvalue weighted by Gasteiger charge is 2.26. The molecule has 2 heterocycles. The van der Waals surface area contributed by atoms with Crippen LogP contribution in [0.2, 0.25) is 0 Å². The van der Waals surface area contributed by atoms with Gasteiger partial charge in [0.1, 0.15) is 5.82 Å². The van der Waals surface area contributed by atoms with Crippen LogP contribution in [0.1, 0.15) is 44.7 Å². The zero-order valence-corrected chi connectivity index (χ0v) is 22.4. The molecule has 36 heavy (non-hydrogen) atoms. The molecule has 0 atom stereocenters. The summed E-state index contributed by atoms with van der Waals surface area (Å²) in [6.07, 6.45) is 2.14. The van der Waals surface area contributed by atoms with Gasteiger partial charge in [0.05, 0.1) is 32.8 Å². The average Bonchev–Trinajstić information content (AvgIpc) is 3.27. The van der Waals surface area contributed by atoms with Crippen molar-refractivity contribution in [3.05, 3.63) is 77.2 Å². The summed E-state index contributed by atoms with van der Waals surface area (Å²) in [4.78, 5) is 14.5. The molecule has 0 radical (unpaired) electrons. The number of benzene rings is 2. The topological polar surface area (TPSA) is 84.8 Å². The Morgan fingerprint density at radius 2 is 1.75 bits per heavy atom. The average molecular weight is 525 g/mol. The van der Waals surface area contributed by atoms with E-state index in [4.69, 9.17) is 4.98 Å². The van der Waals surface area contributed by atoms with Crippen molar-refractivity contribution in [2.75, 3.05) is 11.1 Å². The molecule has 0 spiro atoms. The molecule has 2 aromatic heterocycles. The van der Waals surface area contributed by atoms with E-state index in [0.29, 0.717) is 28.6 Å². The van der Waals surface area contributed by atoms with E-state index in [1.807, 2.05) is 51.1 Å². The lowest BCUT2D eigenvalue weighted by Crippen LogP contribution is -2.11. The maximum atomic E-state index is 15.8. The molecule has 0 unspecified atom stereocenters. The quantitative estimate of drug-likeness (QED) is 0.274. The van der Waals surface area contributed by atoms with Crippen LogP contribution in [0.25, 0.3) is 21.8 Å². The first kappa shape index (κ1) is 25.9. The summed E-state index contributed by atoms with van der Waals surface area (Å²) < 4.78 is 40.6. The maximum Gasteiger partial charge on any atom is 0.227 e. The first-order valence-corrected chi connectivity index (χ1v) is 14.4. The van der Waals surface area contributed by atoms with E-state index in [1.165, 1.54) is 17.4 Å². The number of nitrogens with zero attached hydrogens (tertiary/aromatic N) is 3. The van der Waals surface area contributed by atoms with Crippen molar-refractivity contribution >= 4 is 32.8 Å². The van der Waals surface area contributed by atoms with Crippen LogP contribution in [0.3, 0.4) is 0 Å². The minimum atomic E-state index is -3.41. The van der Waals surface area contributed by atoms with E-state index in [-0.39, 0.29) is 28.0 Å². The van der Waals surface area contributed by atoms with Crippen LogP contribution in [0.4, 0.5) is 16.0 Å². The molecule has 0 aliphatic heterocycles. The zero-order valence-electron chi connectivity index (χ0n) is 20.7. The molecule has 0 saturated carbocycles. The second kappa shape index (κ2) is 10.4. The van der Waals surface area contributed by atoms with Crippen molar-refractivity contribution < 1.29 is 12.8 Å². The summed E-state index contributed by atoms with van der Waals surface area (Å²) in [7, 11) is -3.41. The van der Waals surface area contributed by atoms with Crippen LogP contribution < -0.4 is 5.32 Å². The SMILES string of the molecule is CCCS(=O)(=O)Cc1cccc(-c2nc(C(C)(C)C)sc2-c2ccnc(Nc3ccccc3)n2)c1F. The Bertz CT molecular complexity index is 1460. The van der Waals surface area contributed by atoms with Gasteiger partial charge in [-0.25, -0.2) is 27.8 Å². The van der Waals surface area contributed by atoms with Crippen molar-refractivity contribution in [1.29, 1.82) is 0 Å². The minimum Gasteiger partial charge on any atom is -0.324 e. The third-order valence-electron chi connectivity index (χ3n) is 5.41. The zero-order chi connectivity index (χ0) is 25.9. The van der Waals surface area contributed by atoms with Gasteiger partial charge in [-0.3, -0.25) is 0 Å². The number of anilines is 2. The van der Waals surface area contributed by atoms with Gasteiger partial charge in [-0.2, -0.15) is 0 Å². The van der Waals surface area contributed by atoms with E-state index in [9.17, 15) is 8.42 Å². The number of rotatable bonds is 8. The molecule has 0 aliphatic carbocycles. The molecule has 0 aliphatic rings. The van der Waals surface area contributed by atoms with Gasteiger partial charge >= 0.3 is 0 Å². The molecular formula is C27H29FN4O2S2. The Labute approximate surface area is 215 Å². The fraction of sp³-hybridized carbons (Fsp3) is 0.296. The highest BCUT2D eigenvalue weighted by atomic mass is 32.2. The lowest BCUT2D eigenvalue weighted by Gasteiger charge is -2.13. The minimum absolute atomic E-state index is 0.0188. The number of hydrogen-bond acceptors (Lipinski definition) is 7. The summed E-state index contributed by atoms with van der Waals surface area (Å²) >= 11 is 1.45. The monoisotopic (exact) mass is 524 g/mol. The summed E-state index contributed by atoms with van der Waals surface area (Å²) in [6, 6.07) is 16.2. The maximum absolute atomic E-state index is 15.8. The predicted molar refractivity (Wildman–Crippen MR) is 145 cm³/mol. The van der Waals surface area contributed by atoms with Crippen molar-refractivity contribution in [2.24, 2.45) is 0 Å². The van der Waals surface area contributed by atoms with Crippen LogP contribution in [0, 0.1) is 5.82 Å². The highest BCUT2D eigenvalue weighted by molar-refractivity contribution is 7.90. The number of sulfone groups is 1. The molecule has 0 amide bonds. The van der Waals surface area contributed by atoms with Crippen LogP contribution in [0.15, 0.2) is 60.8 Å². The fourth-order valence-corrected chi connectivity index (χ4v) is 6.26. The molecule has 4 rings (SSSR count). The molecule has 9 heteroatoms. The Morgan fingerprint density at radius 1 is 1.00 bits per heavy atom. The predicted octanol–water partition coefficient (Wildman–Crippen LogP) is 6.77. The Morgan fingerprint density at radius 3 is 2.44 bits per heavy atom. The lowest BCUT2D eigenvalue weighted by molar-refractivity contribution is 0.584. The van der Waals surface area contributed by atoms with Gasteiger partial charge in [0.2, 0.25) is 5.95 Å². The molecule has 0 fully saturated rings. The van der Waals surface area contributed by atoms with Crippen LogP contribution >= 0.6 is 11.3 Å². The lowest BCUT2D eigenvalue weighted by atomic mass is 9.98. The Balaban J connectivity index is 1.81. The van der Waals surface area contributed by atoms with Crippen LogP contribution in [-0.2, 0) is 21.0 Å².